The van der Waals surface area contributed by atoms with Gasteiger partial charge >= 0.3 is 5.97 Å². The lowest BCUT2D eigenvalue weighted by Gasteiger charge is -2.52. The van der Waals surface area contributed by atoms with E-state index in [4.69, 9.17) is 14.2 Å². The second-order valence-corrected chi connectivity index (χ2v) is 10.9. The summed E-state index contributed by atoms with van der Waals surface area (Å²) >= 11 is 0. The minimum atomic E-state index is -1.46. The number of phenolic OH excluding ortho intramolecular Hbond substituents is 1. The van der Waals surface area contributed by atoms with E-state index in [1.807, 2.05) is 55.5 Å². The van der Waals surface area contributed by atoms with Crippen LogP contribution >= 0.6 is 0 Å². The summed E-state index contributed by atoms with van der Waals surface area (Å²) in [6.07, 6.45) is 0. The molecule has 3 aliphatic heterocycles. The highest BCUT2D eigenvalue weighted by Gasteiger charge is 2.58. The van der Waals surface area contributed by atoms with Crippen molar-refractivity contribution in [3.05, 3.63) is 146 Å². The quantitative estimate of drug-likeness (QED) is 0.175. The first-order valence-electron chi connectivity index (χ1n) is 13.6. The second-order valence-electron chi connectivity index (χ2n) is 10.9. The highest BCUT2D eigenvalue weighted by Crippen LogP contribution is 2.58. The Hall–Kier alpha value is -5.31. The number of hydrogen-bond donors (Lipinski definition) is 2. The maximum Gasteiger partial charge on any atom is 0.336 e. The summed E-state index contributed by atoms with van der Waals surface area (Å²) in [5.74, 6) is -2.61. The summed E-state index contributed by atoms with van der Waals surface area (Å²) < 4.78 is 20.9. The molecule has 0 aromatic heterocycles. The molecule has 0 spiro atoms. The van der Waals surface area contributed by atoms with Crippen molar-refractivity contribution in [1.82, 2.24) is 0 Å². The van der Waals surface area contributed by atoms with Gasteiger partial charge in [0.25, 0.3) is 0 Å². The zero-order valence-corrected chi connectivity index (χ0v) is 22.6. The maximum absolute atomic E-state index is 14.8. The van der Waals surface area contributed by atoms with E-state index in [0.717, 1.165) is 34.4 Å². The van der Waals surface area contributed by atoms with Gasteiger partial charge in [0.2, 0.25) is 0 Å². The molecule has 0 unspecified atom stereocenters. The van der Waals surface area contributed by atoms with Gasteiger partial charge in [0.1, 0.15) is 11.3 Å². The number of benzene rings is 5. The average Bonchev–Trinajstić information content (AvgIpc) is 3.01. The predicted molar refractivity (Wildman–Crippen MR) is 155 cm³/mol. The number of phenols is 1. The molecule has 0 fully saturated rings. The van der Waals surface area contributed by atoms with Crippen LogP contribution in [0, 0.1) is 5.82 Å². The molecule has 3 heterocycles. The van der Waals surface area contributed by atoms with E-state index >= 15 is 0 Å². The molecule has 210 valence electrons. The van der Waals surface area contributed by atoms with E-state index in [2.05, 4.69) is 0 Å². The van der Waals surface area contributed by atoms with Crippen LogP contribution in [-0.2, 0) is 21.0 Å². The molecule has 7 nitrogen and oxygen atoms in total. The Kier molecular flexibility index (Phi) is 5.08. The number of halogens is 1. The Balaban J connectivity index is 1.54. The molecule has 43 heavy (non-hydrogen) atoms. The molecule has 0 saturated carbocycles. The van der Waals surface area contributed by atoms with Gasteiger partial charge in [-0.1, -0.05) is 66.7 Å². The van der Waals surface area contributed by atoms with Crippen LogP contribution in [0.25, 0.3) is 33.4 Å². The summed E-state index contributed by atoms with van der Waals surface area (Å²) in [4.78, 5) is 38.8. The monoisotopic (exact) mass is 572 g/mol. The number of hydrogen-bond acceptors (Lipinski definition) is 6. The van der Waals surface area contributed by atoms with Crippen molar-refractivity contribution in [3.63, 3.8) is 0 Å². The van der Waals surface area contributed by atoms with Crippen molar-refractivity contribution >= 4 is 16.9 Å². The van der Waals surface area contributed by atoms with Gasteiger partial charge in [-0.2, -0.15) is 0 Å². The molecule has 5 aliphatic rings. The summed E-state index contributed by atoms with van der Waals surface area (Å²) in [7, 11) is 0. The van der Waals surface area contributed by atoms with E-state index < -0.39 is 34.2 Å². The molecule has 0 amide bonds. The van der Waals surface area contributed by atoms with E-state index in [1.54, 1.807) is 24.3 Å². The van der Waals surface area contributed by atoms with Crippen LogP contribution in [0.1, 0.15) is 45.1 Å². The molecule has 8 heteroatoms. The lowest BCUT2D eigenvalue weighted by Crippen LogP contribution is -2.53. The molecule has 4 aromatic rings. The molecule has 4 aromatic carbocycles. The number of carboxylic acid groups (broad SMARTS) is 1. The summed E-state index contributed by atoms with van der Waals surface area (Å²) in [5, 5.41) is 20.4. The number of aromatic carboxylic acids is 1. The van der Waals surface area contributed by atoms with Crippen molar-refractivity contribution in [3.8, 4) is 28.2 Å². The SMILES string of the molecule is CC12OOC(c3cc4c(-c5ccccc5C(=O)O)c5cc(F)c(O)cc5oc-4cc3=O)(c3ccccc31)c1ccccc12. The van der Waals surface area contributed by atoms with Gasteiger partial charge in [0.15, 0.2) is 28.2 Å². The van der Waals surface area contributed by atoms with Crippen molar-refractivity contribution < 1.29 is 33.6 Å². The van der Waals surface area contributed by atoms with Gasteiger partial charge in [-0.05, 0) is 41.8 Å². The van der Waals surface area contributed by atoms with Crippen LogP contribution in [0.2, 0.25) is 0 Å². The van der Waals surface area contributed by atoms with Crippen LogP contribution in [0.5, 0.6) is 5.75 Å². The van der Waals surface area contributed by atoms with Crippen LogP contribution in [-0.4, -0.2) is 16.2 Å². The van der Waals surface area contributed by atoms with Crippen LogP contribution in [0.3, 0.4) is 0 Å². The minimum absolute atomic E-state index is 0.0305. The zero-order chi connectivity index (χ0) is 29.7. The molecule has 0 radical (unpaired) electrons. The van der Waals surface area contributed by atoms with Gasteiger partial charge in [0, 0.05) is 45.3 Å². The molecule has 2 aliphatic carbocycles. The largest absolute Gasteiger partial charge is 0.505 e. The Morgan fingerprint density at radius 1 is 0.767 bits per heavy atom. The topological polar surface area (TPSA) is 106 Å². The lowest BCUT2D eigenvalue weighted by atomic mass is 9.64. The third-order valence-electron chi connectivity index (χ3n) is 8.67. The van der Waals surface area contributed by atoms with Gasteiger partial charge in [0.05, 0.1) is 5.56 Å². The van der Waals surface area contributed by atoms with E-state index in [9.17, 15) is 24.2 Å². The van der Waals surface area contributed by atoms with Crippen molar-refractivity contribution in [1.29, 1.82) is 0 Å². The zero-order valence-electron chi connectivity index (χ0n) is 22.6. The van der Waals surface area contributed by atoms with Crippen LogP contribution < -0.4 is 5.43 Å². The lowest BCUT2D eigenvalue weighted by molar-refractivity contribution is -0.415. The van der Waals surface area contributed by atoms with Gasteiger partial charge < -0.3 is 14.6 Å². The first-order valence-corrected chi connectivity index (χ1v) is 13.6. The molecule has 2 N–H and O–H groups in total. The van der Waals surface area contributed by atoms with E-state index in [0.29, 0.717) is 11.1 Å². The van der Waals surface area contributed by atoms with Crippen molar-refractivity contribution in [2.45, 2.75) is 18.1 Å². The molecule has 2 bridgehead atoms. The van der Waals surface area contributed by atoms with E-state index in [-0.39, 0.29) is 33.4 Å². The summed E-state index contributed by atoms with van der Waals surface area (Å²) in [6, 6.07) is 26.7. The smallest absolute Gasteiger partial charge is 0.336 e. The molecular weight excluding hydrogens is 551 g/mol. The number of carboxylic acids is 1. The number of fused-ring (bicyclic) bond motifs is 3. The Labute approximate surface area is 243 Å². The predicted octanol–water partition coefficient (Wildman–Crippen LogP) is 6.94. The Morgan fingerprint density at radius 3 is 2.07 bits per heavy atom. The van der Waals surface area contributed by atoms with Gasteiger partial charge in [-0.25, -0.2) is 19.0 Å². The number of rotatable bonds is 3. The Morgan fingerprint density at radius 2 is 1.40 bits per heavy atom. The van der Waals surface area contributed by atoms with Crippen LogP contribution in [0.15, 0.2) is 106 Å². The van der Waals surface area contributed by atoms with Gasteiger partial charge in [-0.3, -0.25) is 4.79 Å². The highest BCUT2D eigenvalue weighted by atomic mass is 19.1. The maximum atomic E-state index is 14.8. The number of carbonyl (C=O) groups is 1. The first-order chi connectivity index (χ1) is 20.7. The minimum Gasteiger partial charge on any atom is -0.505 e. The summed E-state index contributed by atoms with van der Waals surface area (Å²) in [5.41, 5.74) is 1.59. The second kappa shape index (κ2) is 8.61. The molecule has 0 atom stereocenters. The molecule has 9 rings (SSSR count). The normalized spacial score (nSPS) is 20.2. The Bertz CT molecular complexity index is 2150. The van der Waals surface area contributed by atoms with Crippen LogP contribution in [0.4, 0.5) is 4.39 Å². The third kappa shape index (κ3) is 3.24. The fourth-order valence-corrected chi connectivity index (χ4v) is 6.74. The molecule has 0 saturated heterocycles. The van der Waals surface area contributed by atoms with Crippen molar-refractivity contribution in [2.24, 2.45) is 0 Å². The average molecular weight is 573 g/mol. The first kappa shape index (κ1) is 25.4. The van der Waals surface area contributed by atoms with Crippen molar-refractivity contribution in [2.75, 3.05) is 0 Å². The fourth-order valence-electron chi connectivity index (χ4n) is 6.74. The fraction of sp³-hybridized carbons (Fsp3) is 0.0857. The third-order valence-corrected chi connectivity index (χ3v) is 8.67. The standard InChI is InChI=1S/C35H21FO7/c1-34-22-10-4-6-12-24(22)35(43-42-34,25-13-7-5-11-23(25)34)26-14-20-30(16-28(26)37)41-31-17-29(38)27(36)15-21(31)32(20)18-8-2-3-9-19(18)33(39)40/h2-17,38H,1H3,(H,39,40). The number of aromatic hydroxyl groups is 1. The highest BCUT2D eigenvalue weighted by molar-refractivity contribution is 6.07. The van der Waals surface area contributed by atoms with E-state index in [1.165, 1.54) is 12.1 Å². The molecular formula is C35H21FO7. The summed E-state index contributed by atoms with van der Waals surface area (Å²) in [6.45, 7) is 1.92. The van der Waals surface area contributed by atoms with Gasteiger partial charge in [-0.15, -0.1) is 0 Å².